The first-order chi connectivity index (χ1) is 13.3. The van der Waals surface area contributed by atoms with Crippen LogP contribution in [-0.4, -0.2) is 34.5 Å². The topological polar surface area (TPSA) is 113 Å². The van der Waals surface area contributed by atoms with Crippen molar-refractivity contribution in [1.82, 2.24) is 24.3 Å². The lowest BCUT2D eigenvalue weighted by Gasteiger charge is -2.21. The third kappa shape index (κ3) is 3.09. The largest absolute Gasteiger partial charge is 0.392 e. The van der Waals surface area contributed by atoms with Gasteiger partial charge in [0.15, 0.2) is 0 Å². The molecule has 1 saturated carbocycles. The molecule has 0 unspecified atom stereocenters. The molecule has 3 aromatic rings. The van der Waals surface area contributed by atoms with Gasteiger partial charge in [0.2, 0.25) is 0 Å². The van der Waals surface area contributed by atoms with E-state index in [2.05, 4.69) is 21.1 Å². The van der Waals surface area contributed by atoms with Crippen molar-refractivity contribution < 1.29 is 10.2 Å². The molecule has 3 aromatic heterocycles. The maximum absolute atomic E-state index is 9.72. The summed E-state index contributed by atoms with van der Waals surface area (Å²) in [6.45, 7) is -0.394. The molecule has 2 N–H and O–H groups in total. The molecule has 4 rings (SSSR count). The van der Waals surface area contributed by atoms with Crippen LogP contribution in [0.1, 0.15) is 43.7 Å². The van der Waals surface area contributed by atoms with Gasteiger partial charge in [-0.25, -0.2) is 9.97 Å². The monoisotopic (exact) mass is 366 g/mol. The molecule has 1 atom stereocenters. The summed E-state index contributed by atoms with van der Waals surface area (Å²) >= 11 is 0. The van der Waals surface area contributed by atoms with Gasteiger partial charge in [-0.2, -0.15) is 10.4 Å². The highest BCUT2D eigenvalue weighted by Crippen LogP contribution is 2.37. The lowest BCUT2D eigenvalue weighted by Crippen LogP contribution is -2.17. The third-order valence-electron chi connectivity index (χ3n) is 5.51. The summed E-state index contributed by atoms with van der Waals surface area (Å²) in [5.74, 6) is 0.478. The molecule has 0 spiro atoms. The van der Waals surface area contributed by atoms with Gasteiger partial charge in [0.1, 0.15) is 18.7 Å². The van der Waals surface area contributed by atoms with Crippen LogP contribution in [0.2, 0.25) is 0 Å². The fraction of sp³-hybridized carbons (Fsp3) is 0.474. The number of fused-ring (bicyclic) bond motifs is 1. The van der Waals surface area contributed by atoms with E-state index in [0.717, 1.165) is 18.4 Å². The fourth-order valence-electron chi connectivity index (χ4n) is 4.20. The molecule has 1 aliphatic carbocycles. The molecular formula is C19H22N6O2. The maximum Gasteiger partial charge on any atom is 0.146 e. The number of nitriles is 1. The highest BCUT2D eigenvalue weighted by atomic mass is 16.3. The molecule has 0 bridgehead atoms. The predicted octanol–water partition coefficient (Wildman–Crippen LogP) is 2.38. The maximum atomic E-state index is 9.72. The molecule has 27 heavy (non-hydrogen) atoms. The van der Waals surface area contributed by atoms with E-state index >= 15 is 0 Å². The Morgan fingerprint density at radius 3 is 2.74 bits per heavy atom. The Balaban J connectivity index is 1.77. The smallest absolute Gasteiger partial charge is 0.146 e. The van der Waals surface area contributed by atoms with Crippen molar-refractivity contribution in [2.45, 2.75) is 51.5 Å². The van der Waals surface area contributed by atoms with Gasteiger partial charge in [-0.05, 0) is 18.8 Å². The Kier molecular flexibility index (Phi) is 4.88. The van der Waals surface area contributed by atoms with Crippen molar-refractivity contribution in [3.8, 4) is 17.3 Å². The zero-order valence-electron chi connectivity index (χ0n) is 15.0. The summed E-state index contributed by atoms with van der Waals surface area (Å²) in [6.07, 6.45) is 11.9. The molecule has 8 nitrogen and oxygen atoms in total. The molecule has 0 aliphatic heterocycles. The lowest BCUT2D eigenvalue weighted by molar-refractivity contribution is 0.214. The number of rotatable bonds is 6. The first kappa shape index (κ1) is 17.6. The van der Waals surface area contributed by atoms with Crippen molar-refractivity contribution in [2.24, 2.45) is 5.92 Å². The molecule has 0 aromatic carbocycles. The second kappa shape index (κ2) is 7.47. The number of hydrogen-bond donors (Lipinski definition) is 2. The van der Waals surface area contributed by atoms with Gasteiger partial charge >= 0.3 is 0 Å². The van der Waals surface area contributed by atoms with Gasteiger partial charge in [-0.15, -0.1) is 0 Å². The first-order valence-electron chi connectivity index (χ1n) is 9.22. The first-order valence-corrected chi connectivity index (χ1v) is 9.22. The van der Waals surface area contributed by atoms with Gasteiger partial charge in [-0.3, -0.25) is 4.68 Å². The molecule has 0 saturated heterocycles. The van der Waals surface area contributed by atoms with E-state index in [4.69, 9.17) is 0 Å². The van der Waals surface area contributed by atoms with E-state index in [1.54, 1.807) is 17.0 Å². The van der Waals surface area contributed by atoms with Crippen LogP contribution in [-0.2, 0) is 13.3 Å². The third-order valence-corrected chi connectivity index (χ3v) is 5.51. The van der Waals surface area contributed by atoms with E-state index < -0.39 is 0 Å². The SMILES string of the molecule is N#CC[C@H](C1CCCC1)n1cc(-c2ncnc3c2c(CO)cn3CO)cn1. The van der Waals surface area contributed by atoms with Crippen LogP contribution in [0.15, 0.2) is 24.9 Å². The Hall–Kier alpha value is -2.76. The van der Waals surface area contributed by atoms with Gasteiger partial charge in [0.25, 0.3) is 0 Å². The summed E-state index contributed by atoms with van der Waals surface area (Å²) in [4.78, 5) is 8.67. The fourth-order valence-corrected chi connectivity index (χ4v) is 4.20. The van der Waals surface area contributed by atoms with Crippen molar-refractivity contribution in [3.63, 3.8) is 0 Å². The minimum Gasteiger partial charge on any atom is -0.392 e. The highest BCUT2D eigenvalue weighted by Gasteiger charge is 2.27. The van der Waals surface area contributed by atoms with Gasteiger partial charge in [0.05, 0.1) is 42.4 Å². The summed E-state index contributed by atoms with van der Waals surface area (Å²) < 4.78 is 3.47. The molecule has 0 amide bonds. The van der Waals surface area contributed by atoms with Crippen LogP contribution in [0.4, 0.5) is 0 Å². The van der Waals surface area contributed by atoms with E-state index in [9.17, 15) is 15.5 Å². The molecule has 0 radical (unpaired) electrons. The average molecular weight is 366 g/mol. The molecule has 8 heteroatoms. The normalized spacial score (nSPS) is 16.0. The number of nitrogens with zero attached hydrogens (tertiary/aromatic N) is 6. The second-order valence-corrected chi connectivity index (χ2v) is 7.03. The number of hydrogen-bond acceptors (Lipinski definition) is 6. The standard InChI is InChI=1S/C19H22N6O2/c20-6-5-16(13-3-1-2-4-13)25-9-14(7-23-25)18-17-15(10-26)8-24(12-27)19(17)22-11-21-18/h7-9,11,13,16,26-27H,1-5,10,12H2/t16-/m1/s1. The quantitative estimate of drug-likeness (QED) is 0.692. The minimum atomic E-state index is -0.224. The van der Waals surface area contributed by atoms with Crippen LogP contribution in [0.5, 0.6) is 0 Å². The summed E-state index contributed by atoms with van der Waals surface area (Å²) in [5, 5.41) is 33.8. The number of aliphatic hydroxyl groups excluding tert-OH is 2. The zero-order chi connectivity index (χ0) is 18.8. The molecule has 1 aliphatic rings. The van der Waals surface area contributed by atoms with Crippen LogP contribution >= 0.6 is 0 Å². The van der Waals surface area contributed by atoms with E-state index in [1.807, 2.05) is 10.9 Å². The van der Waals surface area contributed by atoms with Crippen molar-refractivity contribution in [2.75, 3.05) is 0 Å². The number of aromatic nitrogens is 5. The summed E-state index contributed by atoms with van der Waals surface area (Å²) in [5.41, 5.74) is 2.72. The molecule has 3 heterocycles. The van der Waals surface area contributed by atoms with Crippen LogP contribution in [0, 0.1) is 17.2 Å². The average Bonchev–Trinajstić information content (AvgIpc) is 3.45. The van der Waals surface area contributed by atoms with Gasteiger partial charge < -0.3 is 14.8 Å². The predicted molar refractivity (Wildman–Crippen MR) is 98.1 cm³/mol. The number of aliphatic hydroxyl groups is 2. The van der Waals surface area contributed by atoms with Crippen LogP contribution in [0.3, 0.4) is 0 Å². The van der Waals surface area contributed by atoms with Crippen molar-refractivity contribution in [3.05, 3.63) is 30.5 Å². The lowest BCUT2D eigenvalue weighted by atomic mass is 9.96. The van der Waals surface area contributed by atoms with Gasteiger partial charge in [-0.1, -0.05) is 12.8 Å². The van der Waals surface area contributed by atoms with Gasteiger partial charge in [0, 0.05) is 23.5 Å². The highest BCUT2D eigenvalue weighted by molar-refractivity contribution is 5.93. The molecule has 140 valence electrons. The van der Waals surface area contributed by atoms with Crippen molar-refractivity contribution >= 4 is 11.0 Å². The van der Waals surface area contributed by atoms with E-state index in [0.29, 0.717) is 34.6 Å². The minimum absolute atomic E-state index is 0.0722. The van der Waals surface area contributed by atoms with Crippen molar-refractivity contribution in [1.29, 1.82) is 5.26 Å². The zero-order valence-corrected chi connectivity index (χ0v) is 15.0. The van der Waals surface area contributed by atoms with E-state index in [-0.39, 0.29) is 19.4 Å². The Bertz CT molecular complexity index is 980. The van der Waals surface area contributed by atoms with Crippen LogP contribution in [0.25, 0.3) is 22.3 Å². The van der Waals surface area contributed by atoms with E-state index in [1.165, 1.54) is 19.2 Å². The summed E-state index contributed by atoms with van der Waals surface area (Å²) in [6, 6.07) is 2.37. The Morgan fingerprint density at radius 2 is 2.04 bits per heavy atom. The molecular weight excluding hydrogens is 344 g/mol. The Labute approximate surface area is 156 Å². The second-order valence-electron chi connectivity index (χ2n) is 7.03. The summed E-state index contributed by atoms with van der Waals surface area (Å²) in [7, 11) is 0. The van der Waals surface area contributed by atoms with Crippen LogP contribution < -0.4 is 0 Å². The Morgan fingerprint density at radius 1 is 1.22 bits per heavy atom. The molecule has 1 fully saturated rings.